The summed E-state index contributed by atoms with van der Waals surface area (Å²) in [5, 5.41) is 12.5. The van der Waals surface area contributed by atoms with Crippen LogP contribution in [0.25, 0.3) is 0 Å². The van der Waals surface area contributed by atoms with E-state index in [0.29, 0.717) is 6.54 Å². The number of hydrogen-bond acceptors (Lipinski definition) is 4. The maximum atomic E-state index is 12.5. The number of hydrogen-bond donors (Lipinski definition) is 2. The van der Waals surface area contributed by atoms with Crippen LogP contribution in [-0.4, -0.2) is 62.0 Å². The highest BCUT2D eigenvalue weighted by Crippen LogP contribution is 2.23. The number of aliphatic hydroxyl groups excluding tert-OH is 1. The van der Waals surface area contributed by atoms with Crippen LogP contribution in [0.1, 0.15) is 25.7 Å². The normalized spacial score (nSPS) is 21.9. The fourth-order valence-electron chi connectivity index (χ4n) is 3.74. The van der Waals surface area contributed by atoms with Crippen molar-refractivity contribution in [2.75, 3.05) is 44.8 Å². The molecular weight excluding hydrogens is 318 g/mol. The molecular formula is C19H29N3O3. The molecule has 0 saturated carbocycles. The molecule has 0 spiro atoms. The zero-order valence-corrected chi connectivity index (χ0v) is 15.0. The molecule has 1 atom stereocenters. The van der Waals surface area contributed by atoms with Crippen LogP contribution in [0, 0.1) is 5.92 Å². The summed E-state index contributed by atoms with van der Waals surface area (Å²) in [6, 6.07) is 8.40. The Bertz CT molecular complexity index is 556. The first kappa shape index (κ1) is 17.9. The molecule has 138 valence electrons. The largest absolute Gasteiger partial charge is 0.497 e. The van der Waals surface area contributed by atoms with Gasteiger partial charge in [0.15, 0.2) is 0 Å². The number of benzene rings is 1. The van der Waals surface area contributed by atoms with E-state index in [1.54, 1.807) is 7.11 Å². The van der Waals surface area contributed by atoms with Crippen LogP contribution in [0.5, 0.6) is 5.75 Å². The maximum absolute atomic E-state index is 12.5. The first-order valence-electron chi connectivity index (χ1n) is 9.25. The van der Waals surface area contributed by atoms with E-state index in [0.717, 1.165) is 51.1 Å². The standard InChI is InChI=1S/C19H29N3O3/c1-25-18-6-4-17(5-7-18)21-11-8-16(9-12-21)20-19(24)22-10-2-3-15(13-22)14-23/h4-7,15-16,23H,2-3,8-14H2,1H3,(H,20,24). The molecule has 2 heterocycles. The summed E-state index contributed by atoms with van der Waals surface area (Å²) in [6.45, 7) is 3.52. The summed E-state index contributed by atoms with van der Waals surface area (Å²) in [5.74, 6) is 1.10. The number of nitrogens with zero attached hydrogens (tertiary/aromatic N) is 2. The van der Waals surface area contributed by atoms with Gasteiger partial charge in [-0.2, -0.15) is 0 Å². The molecule has 2 aliphatic heterocycles. The summed E-state index contributed by atoms with van der Waals surface area (Å²) in [4.78, 5) is 16.7. The Morgan fingerprint density at radius 3 is 2.56 bits per heavy atom. The molecule has 2 amide bonds. The van der Waals surface area contributed by atoms with Gasteiger partial charge in [-0.3, -0.25) is 0 Å². The Morgan fingerprint density at radius 1 is 1.20 bits per heavy atom. The number of likely N-dealkylation sites (tertiary alicyclic amines) is 1. The highest BCUT2D eigenvalue weighted by atomic mass is 16.5. The Balaban J connectivity index is 1.46. The minimum atomic E-state index is 0.0287. The lowest BCUT2D eigenvalue weighted by molar-refractivity contribution is 0.127. The van der Waals surface area contributed by atoms with E-state index in [4.69, 9.17) is 4.74 Å². The highest BCUT2D eigenvalue weighted by Gasteiger charge is 2.26. The Morgan fingerprint density at radius 2 is 1.92 bits per heavy atom. The molecule has 1 aromatic rings. The van der Waals surface area contributed by atoms with Gasteiger partial charge in [0.25, 0.3) is 0 Å². The Hall–Kier alpha value is -1.95. The smallest absolute Gasteiger partial charge is 0.317 e. The topological polar surface area (TPSA) is 65.0 Å². The van der Waals surface area contributed by atoms with Crippen LogP contribution in [0.4, 0.5) is 10.5 Å². The monoisotopic (exact) mass is 347 g/mol. The molecule has 0 radical (unpaired) electrons. The van der Waals surface area contributed by atoms with E-state index in [1.165, 1.54) is 5.69 Å². The summed E-state index contributed by atoms with van der Waals surface area (Å²) in [7, 11) is 1.67. The van der Waals surface area contributed by atoms with Crippen LogP contribution in [0.3, 0.4) is 0 Å². The minimum absolute atomic E-state index is 0.0287. The van der Waals surface area contributed by atoms with Gasteiger partial charge in [0.05, 0.1) is 7.11 Å². The van der Waals surface area contributed by atoms with Crippen LogP contribution in [0.15, 0.2) is 24.3 Å². The van der Waals surface area contributed by atoms with Crippen molar-refractivity contribution in [1.82, 2.24) is 10.2 Å². The first-order chi connectivity index (χ1) is 12.2. The number of carbonyl (C=O) groups is 1. The molecule has 3 rings (SSSR count). The van der Waals surface area contributed by atoms with E-state index < -0.39 is 0 Å². The van der Waals surface area contributed by atoms with Crippen molar-refractivity contribution in [1.29, 1.82) is 0 Å². The van der Waals surface area contributed by atoms with E-state index in [-0.39, 0.29) is 24.6 Å². The molecule has 6 nitrogen and oxygen atoms in total. The third-order valence-corrected chi connectivity index (χ3v) is 5.32. The number of piperidine rings is 2. The molecule has 2 saturated heterocycles. The summed E-state index contributed by atoms with van der Waals surface area (Å²) in [5.41, 5.74) is 1.20. The quantitative estimate of drug-likeness (QED) is 0.875. The molecule has 6 heteroatoms. The molecule has 2 fully saturated rings. The molecule has 2 N–H and O–H groups in total. The van der Waals surface area contributed by atoms with E-state index in [1.807, 2.05) is 17.0 Å². The molecule has 0 aromatic heterocycles. The van der Waals surface area contributed by atoms with Crippen molar-refractivity contribution in [2.45, 2.75) is 31.7 Å². The second-order valence-corrected chi connectivity index (χ2v) is 7.05. The molecule has 0 bridgehead atoms. The van der Waals surface area contributed by atoms with Crippen LogP contribution >= 0.6 is 0 Å². The SMILES string of the molecule is COc1ccc(N2CCC(NC(=O)N3CCCC(CO)C3)CC2)cc1. The van der Waals surface area contributed by atoms with Gasteiger partial charge in [0.2, 0.25) is 0 Å². The number of amides is 2. The number of aliphatic hydroxyl groups is 1. The zero-order chi connectivity index (χ0) is 17.6. The van der Waals surface area contributed by atoms with E-state index >= 15 is 0 Å². The van der Waals surface area contributed by atoms with Crippen molar-refractivity contribution in [3.8, 4) is 5.75 Å². The number of nitrogens with one attached hydrogen (secondary N) is 1. The van der Waals surface area contributed by atoms with Crippen LogP contribution in [-0.2, 0) is 0 Å². The fourth-order valence-corrected chi connectivity index (χ4v) is 3.74. The maximum Gasteiger partial charge on any atom is 0.317 e. The zero-order valence-electron chi connectivity index (χ0n) is 15.0. The van der Waals surface area contributed by atoms with Gasteiger partial charge in [-0.15, -0.1) is 0 Å². The van der Waals surface area contributed by atoms with Gasteiger partial charge in [-0.05, 0) is 55.9 Å². The average Bonchev–Trinajstić information content (AvgIpc) is 2.68. The average molecular weight is 347 g/mol. The predicted octanol–water partition coefficient (Wildman–Crippen LogP) is 2.08. The first-order valence-corrected chi connectivity index (χ1v) is 9.25. The van der Waals surface area contributed by atoms with Crippen molar-refractivity contribution in [3.63, 3.8) is 0 Å². The number of methoxy groups -OCH3 is 1. The molecule has 0 aliphatic carbocycles. The van der Waals surface area contributed by atoms with Gasteiger partial charge in [-0.1, -0.05) is 0 Å². The summed E-state index contributed by atoms with van der Waals surface area (Å²) in [6.07, 6.45) is 3.90. The highest BCUT2D eigenvalue weighted by molar-refractivity contribution is 5.74. The number of urea groups is 1. The molecule has 1 aromatic carbocycles. The molecule has 1 unspecified atom stereocenters. The van der Waals surface area contributed by atoms with Crippen molar-refractivity contribution < 1.29 is 14.6 Å². The Kier molecular flexibility index (Phi) is 6.02. The minimum Gasteiger partial charge on any atom is -0.497 e. The third-order valence-electron chi connectivity index (χ3n) is 5.32. The van der Waals surface area contributed by atoms with Crippen molar-refractivity contribution >= 4 is 11.7 Å². The predicted molar refractivity (Wildman–Crippen MR) is 98.1 cm³/mol. The van der Waals surface area contributed by atoms with Gasteiger partial charge < -0.3 is 25.0 Å². The van der Waals surface area contributed by atoms with Crippen LogP contribution in [0.2, 0.25) is 0 Å². The van der Waals surface area contributed by atoms with Gasteiger partial charge in [0.1, 0.15) is 5.75 Å². The Labute approximate surface area is 149 Å². The summed E-state index contributed by atoms with van der Waals surface area (Å²) < 4.78 is 5.20. The number of carbonyl (C=O) groups excluding carboxylic acids is 1. The van der Waals surface area contributed by atoms with Crippen molar-refractivity contribution in [2.24, 2.45) is 5.92 Å². The van der Waals surface area contributed by atoms with Crippen molar-refractivity contribution in [3.05, 3.63) is 24.3 Å². The number of ether oxygens (including phenoxy) is 1. The van der Waals surface area contributed by atoms with E-state index in [2.05, 4.69) is 22.3 Å². The van der Waals surface area contributed by atoms with Gasteiger partial charge >= 0.3 is 6.03 Å². The lowest BCUT2D eigenvalue weighted by atomic mass is 9.99. The lowest BCUT2D eigenvalue weighted by Gasteiger charge is -2.36. The van der Waals surface area contributed by atoms with Gasteiger partial charge in [0, 0.05) is 44.5 Å². The fraction of sp³-hybridized carbons (Fsp3) is 0.632. The lowest BCUT2D eigenvalue weighted by Crippen LogP contribution is -2.51. The summed E-state index contributed by atoms with van der Waals surface area (Å²) >= 11 is 0. The van der Waals surface area contributed by atoms with Gasteiger partial charge in [-0.25, -0.2) is 4.79 Å². The third kappa shape index (κ3) is 4.57. The second-order valence-electron chi connectivity index (χ2n) is 7.05. The molecule has 2 aliphatic rings. The number of rotatable bonds is 4. The molecule has 25 heavy (non-hydrogen) atoms. The number of anilines is 1. The van der Waals surface area contributed by atoms with E-state index in [9.17, 15) is 9.90 Å². The second kappa shape index (κ2) is 8.43. The van der Waals surface area contributed by atoms with Crippen LogP contribution < -0.4 is 15.0 Å².